The number of hydrogen-bond donors (Lipinski definition) is 0. The summed E-state index contributed by atoms with van der Waals surface area (Å²) in [6.07, 6.45) is 2.67. The van der Waals surface area contributed by atoms with E-state index in [1.165, 1.54) is 22.4 Å². The standard InChI is InChI=1S/C13H17NO/c1-9-4-5-10(2)13-12(9)8-11(6-7-15)14(13)3/h4-5,7,11H,6,8H2,1-3H3. The molecular formula is C13H17NO. The number of rotatable bonds is 2. The lowest BCUT2D eigenvalue weighted by Gasteiger charge is -2.22. The van der Waals surface area contributed by atoms with Gasteiger partial charge in [0.2, 0.25) is 0 Å². The highest BCUT2D eigenvalue weighted by atomic mass is 16.1. The number of nitrogens with zero attached hydrogens (tertiary/aromatic N) is 1. The molecule has 1 aromatic carbocycles. The Bertz CT molecular complexity index is 398. The molecular weight excluding hydrogens is 186 g/mol. The first kappa shape index (κ1) is 10.2. The molecule has 1 atom stereocenters. The van der Waals surface area contributed by atoms with Crippen molar-refractivity contribution in [3.63, 3.8) is 0 Å². The molecule has 1 heterocycles. The minimum atomic E-state index is 0.359. The Balaban J connectivity index is 2.44. The van der Waals surface area contributed by atoms with Gasteiger partial charge in [0.25, 0.3) is 0 Å². The van der Waals surface area contributed by atoms with Crippen LogP contribution in [0.25, 0.3) is 0 Å². The summed E-state index contributed by atoms with van der Waals surface area (Å²) in [6.45, 7) is 4.29. The summed E-state index contributed by atoms with van der Waals surface area (Å²) in [7, 11) is 2.09. The zero-order valence-electron chi connectivity index (χ0n) is 9.58. The second kappa shape index (κ2) is 3.69. The smallest absolute Gasteiger partial charge is 0.122 e. The Labute approximate surface area is 90.9 Å². The molecule has 0 bridgehead atoms. The Morgan fingerprint density at radius 3 is 2.67 bits per heavy atom. The summed E-state index contributed by atoms with van der Waals surface area (Å²) in [5.41, 5.74) is 5.41. The van der Waals surface area contributed by atoms with Crippen LogP contribution in [0.1, 0.15) is 23.1 Å². The van der Waals surface area contributed by atoms with Gasteiger partial charge in [0.05, 0.1) is 0 Å². The number of carbonyl (C=O) groups is 1. The second-order valence-electron chi connectivity index (χ2n) is 4.40. The van der Waals surface area contributed by atoms with E-state index in [-0.39, 0.29) is 0 Å². The van der Waals surface area contributed by atoms with Crippen LogP contribution in [0.15, 0.2) is 12.1 Å². The zero-order chi connectivity index (χ0) is 11.0. The Kier molecular flexibility index (Phi) is 2.51. The van der Waals surface area contributed by atoms with Crippen molar-refractivity contribution in [1.82, 2.24) is 0 Å². The molecule has 0 saturated heterocycles. The van der Waals surface area contributed by atoms with E-state index in [0.717, 1.165) is 12.7 Å². The molecule has 0 aromatic heterocycles. The zero-order valence-corrected chi connectivity index (χ0v) is 9.58. The average Bonchev–Trinajstić information content (AvgIpc) is 2.53. The monoisotopic (exact) mass is 203 g/mol. The number of benzene rings is 1. The summed E-state index contributed by atoms with van der Waals surface area (Å²) in [5.74, 6) is 0. The number of fused-ring (bicyclic) bond motifs is 1. The SMILES string of the molecule is Cc1ccc(C)c2c1CC(CC=O)N2C. The van der Waals surface area contributed by atoms with Crippen molar-refractivity contribution >= 4 is 12.0 Å². The summed E-state index contributed by atoms with van der Waals surface area (Å²) < 4.78 is 0. The van der Waals surface area contributed by atoms with Crippen LogP contribution in [0.3, 0.4) is 0 Å². The topological polar surface area (TPSA) is 20.3 Å². The third-order valence-corrected chi connectivity index (χ3v) is 3.43. The van der Waals surface area contributed by atoms with Crippen molar-refractivity contribution in [1.29, 1.82) is 0 Å². The van der Waals surface area contributed by atoms with E-state index in [9.17, 15) is 4.79 Å². The average molecular weight is 203 g/mol. The minimum absolute atomic E-state index is 0.359. The van der Waals surface area contributed by atoms with Gasteiger partial charge in [0, 0.05) is 25.2 Å². The molecule has 2 heteroatoms. The van der Waals surface area contributed by atoms with Crippen LogP contribution in [0.5, 0.6) is 0 Å². The Morgan fingerprint density at radius 1 is 1.40 bits per heavy atom. The van der Waals surface area contributed by atoms with Crippen molar-refractivity contribution in [2.24, 2.45) is 0 Å². The number of carbonyl (C=O) groups excluding carboxylic acids is 1. The van der Waals surface area contributed by atoms with Gasteiger partial charge in [-0.25, -0.2) is 0 Å². The van der Waals surface area contributed by atoms with Gasteiger partial charge in [0.15, 0.2) is 0 Å². The van der Waals surface area contributed by atoms with Crippen LogP contribution >= 0.6 is 0 Å². The maximum atomic E-state index is 10.6. The van der Waals surface area contributed by atoms with Crippen molar-refractivity contribution in [2.75, 3.05) is 11.9 Å². The van der Waals surface area contributed by atoms with Crippen LogP contribution in [0, 0.1) is 13.8 Å². The molecule has 15 heavy (non-hydrogen) atoms. The van der Waals surface area contributed by atoms with Gasteiger partial charge >= 0.3 is 0 Å². The highest BCUT2D eigenvalue weighted by Crippen LogP contribution is 2.36. The lowest BCUT2D eigenvalue weighted by atomic mass is 10.0. The molecule has 80 valence electrons. The maximum Gasteiger partial charge on any atom is 0.122 e. The van der Waals surface area contributed by atoms with Gasteiger partial charge in [-0.1, -0.05) is 12.1 Å². The molecule has 0 radical (unpaired) electrons. The first-order valence-electron chi connectivity index (χ1n) is 5.40. The quantitative estimate of drug-likeness (QED) is 0.687. The van der Waals surface area contributed by atoms with E-state index < -0.39 is 0 Å². The Hall–Kier alpha value is -1.31. The fraction of sp³-hybridized carbons (Fsp3) is 0.462. The van der Waals surface area contributed by atoms with Crippen molar-refractivity contribution in [2.45, 2.75) is 32.7 Å². The molecule has 0 saturated carbocycles. The van der Waals surface area contributed by atoms with Crippen LogP contribution < -0.4 is 4.90 Å². The fourth-order valence-corrected chi connectivity index (χ4v) is 2.51. The predicted molar refractivity (Wildman–Crippen MR) is 62.5 cm³/mol. The molecule has 1 aromatic rings. The minimum Gasteiger partial charge on any atom is -0.370 e. The third kappa shape index (κ3) is 1.54. The summed E-state index contributed by atoms with van der Waals surface area (Å²) in [6, 6.07) is 4.69. The number of aryl methyl sites for hydroxylation is 2. The van der Waals surface area contributed by atoms with Gasteiger partial charge in [-0.15, -0.1) is 0 Å². The van der Waals surface area contributed by atoms with Crippen LogP contribution in [0.4, 0.5) is 5.69 Å². The summed E-state index contributed by atoms with van der Waals surface area (Å²) >= 11 is 0. The highest BCUT2D eigenvalue weighted by Gasteiger charge is 2.28. The lowest BCUT2D eigenvalue weighted by molar-refractivity contribution is -0.108. The van der Waals surface area contributed by atoms with Crippen LogP contribution in [-0.2, 0) is 11.2 Å². The van der Waals surface area contributed by atoms with E-state index in [4.69, 9.17) is 0 Å². The first-order valence-corrected chi connectivity index (χ1v) is 5.40. The second-order valence-corrected chi connectivity index (χ2v) is 4.40. The molecule has 0 aliphatic carbocycles. The molecule has 1 unspecified atom stereocenters. The van der Waals surface area contributed by atoms with Gasteiger partial charge in [0.1, 0.15) is 6.29 Å². The van der Waals surface area contributed by atoms with Gasteiger partial charge in [-0.3, -0.25) is 0 Å². The van der Waals surface area contributed by atoms with Gasteiger partial charge < -0.3 is 9.69 Å². The lowest BCUT2D eigenvalue weighted by Crippen LogP contribution is -2.28. The number of likely N-dealkylation sites (N-methyl/N-ethyl adjacent to an activating group) is 1. The molecule has 1 aliphatic heterocycles. The van der Waals surface area contributed by atoms with E-state index in [0.29, 0.717) is 12.5 Å². The summed E-state index contributed by atoms with van der Waals surface area (Å²) in [4.78, 5) is 12.9. The molecule has 2 nitrogen and oxygen atoms in total. The number of hydrogen-bond acceptors (Lipinski definition) is 2. The normalized spacial score (nSPS) is 19.1. The van der Waals surface area contributed by atoms with Gasteiger partial charge in [-0.2, -0.15) is 0 Å². The molecule has 0 amide bonds. The predicted octanol–water partition coefficient (Wildman–Crippen LogP) is 2.25. The Morgan fingerprint density at radius 2 is 2.07 bits per heavy atom. The molecule has 0 N–H and O–H groups in total. The third-order valence-electron chi connectivity index (χ3n) is 3.43. The maximum absolute atomic E-state index is 10.6. The van der Waals surface area contributed by atoms with E-state index >= 15 is 0 Å². The van der Waals surface area contributed by atoms with Crippen molar-refractivity contribution < 1.29 is 4.79 Å². The summed E-state index contributed by atoms with van der Waals surface area (Å²) in [5, 5.41) is 0. The van der Waals surface area contributed by atoms with Crippen LogP contribution in [-0.4, -0.2) is 19.4 Å². The van der Waals surface area contributed by atoms with E-state index in [1.54, 1.807) is 0 Å². The largest absolute Gasteiger partial charge is 0.370 e. The molecule has 1 aliphatic rings. The molecule has 2 rings (SSSR count). The van der Waals surface area contributed by atoms with Crippen LogP contribution in [0.2, 0.25) is 0 Å². The van der Waals surface area contributed by atoms with E-state index in [1.807, 2.05) is 0 Å². The highest BCUT2D eigenvalue weighted by molar-refractivity contribution is 5.67. The van der Waals surface area contributed by atoms with Crippen molar-refractivity contribution in [3.05, 3.63) is 28.8 Å². The molecule has 0 fully saturated rings. The first-order chi connectivity index (χ1) is 7.15. The molecule has 0 spiro atoms. The number of anilines is 1. The van der Waals surface area contributed by atoms with Crippen molar-refractivity contribution in [3.8, 4) is 0 Å². The number of aldehydes is 1. The fourth-order valence-electron chi connectivity index (χ4n) is 2.51. The van der Waals surface area contributed by atoms with Gasteiger partial charge in [-0.05, 0) is 37.0 Å². The van der Waals surface area contributed by atoms with E-state index in [2.05, 4.69) is 37.9 Å².